The number of piperidine rings is 1. The number of aromatic nitrogens is 2. The molecule has 0 unspecified atom stereocenters. The Morgan fingerprint density at radius 2 is 1.56 bits per heavy atom. The van der Waals surface area contributed by atoms with Crippen molar-refractivity contribution < 1.29 is 22.8 Å². The highest BCUT2D eigenvalue weighted by molar-refractivity contribution is 5.92. The smallest absolute Gasteiger partial charge is 0.341 e. The zero-order chi connectivity index (χ0) is 29.0. The van der Waals surface area contributed by atoms with E-state index in [1.54, 1.807) is 11.8 Å². The van der Waals surface area contributed by atoms with Gasteiger partial charge in [-0.15, -0.1) is 0 Å². The van der Waals surface area contributed by atoms with Crippen LogP contribution in [-0.4, -0.2) is 63.6 Å². The summed E-state index contributed by atoms with van der Waals surface area (Å²) in [5.74, 6) is -0.0400. The standard InChI is InChI=1S/C31H42F3N5O2/c1-23(40)38-17-9-5-3-2-4-8-16-37(21-25-10-6-7-11-27(25)38)26-14-18-36(19-15-26)30(41)22-39-28(24-12-13-24)20-29(35-39)31(32,33)34/h6-7,10-11,20,24,26H,2-5,8-9,12-19,21-22H2,1H3. The number of fused-ring (bicyclic) bond motifs is 1. The summed E-state index contributed by atoms with van der Waals surface area (Å²) >= 11 is 0. The van der Waals surface area contributed by atoms with Crippen LogP contribution in [0.4, 0.5) is 18.9 Å². The molecule has 2 amide bonds. The van der Waals surface area contributed by atoms with Gasteiger partial charge in [0.15, 0.2) is 5.69 Å². The molecule has 0 radical (unpaired) electrons. The summed E-state index contributed by atoms with van der Waals surface area (Å²) in [6.45, 7) is 5.09. The first-order valence-corrected chi connectivity index (χ1v) is 15.2. The van der Waals surface area contributed by atoms with Gasteiger partial charge in [-0.2, -0.15) is 18.3 Å². The first-order chi connectivity index (χ1) is 19.7. The number of para-hydroxylation sites is 1. The lowest BCUT2D eigenvalue weighted by Crippen LogP contribution is -2.47. The number of benzene rings is 1. The molecule has 5 rings (SSSR count). The number of halogens is 3. The Bertz CT molecular complexity index is 1200. The van der Waals surface area contributed by atoms with Crippen molar-refractivity contribution in [1.29, 1.82) is 0 Å². The molecule has 0 spiro atoms. The molecule has 41 heavy (non-hydrogen) atoms. The van der Waals surface area contributed by atoms with Gasteiger partial charge in [0.2, 0.25) is 11.8 Å². The summed E-state index contributed by atoms with van der Waals surface area (Å²) in [5.41, 5.74) is 1.74. The lowest BCUT2D eigenvalue weighted by Gasteiger charge is -2.39. The highest BCUT2D eigenvalue weighted by Crippen LogP contribution is 2.42. The fourth-order valence-corrected chi connectivity index (χ4v) is 6.37. The Morgan fingerprint density at radius 1 is 0.902 bits per heavy atom. The molecule has 10 heteroatoms. The summed E-state index contributed by atoms with van der Waals surface area (Å²) in [4.78, 5) is 32.0. The minimum atomic E-state index is -4.52. The van der Waals surface area contributed by atoms with Gasteiger partial charge in [0.25, 0.3) is 0 Å². The molecule has 0 bridgehead atoms. The maximum Gasteiger partial charge on any atom is 0.435 e. The molecule has 0 N–H and O–H groups in total. The lowest BCUT2D eigenvalue weighted by molar-refractivity contribution is -0.142. The fraction of sp³-hybridized carbons (Fsp3) is 0.645. The number of anilines is 1. The molecule has 1 saturated carbocycles. The highest BCUT2D eigenvalue weighted by atomic mass is 19.4. The number of hydrogen-bond donors (Lipinski definition) is 0. The van der Waals surface area contributed by atoms with Crippen LogP contribution in [0.5, 0.6) is 0 Å². The zero-order valence-electron chi connectivity index (χ0n) is 24.0. The minimum Gasteiger partial charge on any atom is -0.341 e. The van der Waals surface area contributed by atoms with Gasteiger partial charge in [0, 0.05) is 56.4 Å². The SMILES string of the molecule is CC(=O)N1CCCCCCCCN(C2CCN(C(=O)Cn3nc(C(F)(F)F)cc3C3CC3)CC2)Cc2ccccc21. The highest BCUT2D eigenvalue weighted by Gasteiger charge is 2.38. The van der Waals surface area contributed by atoms with Crippen LogP contribution in [0.2, 0.25) is 0 Å². The Hall–Kier alpha value is -2.88. The average Bonchev–Trinajstić information content (AvgIpc) is 3.69. The van der Waals surface area contributed by atoms with Crippen molar-refractivity contribution in [2.75, 3.05) is 31.1 Å². The predicted molar refractivity (Wildman–Crippen MR) is 151 cm³/mol. The number of alkyl halides is 3. The van der Waals surface area contributed by atoms with Gasteiger partial charge in [0.1, 0.15) is 6.54 Å². The van der Waals surface area contributed by atoms with Crippen LogP contribution in [0.15, 0.2) is 30.3 Å². The molecule has 2 aromatic rings. The third-order valence-corrected chi connectivity index (χ3v) is 8.83. The van der Waals surface area contributed by atoms with Crippen LogP contribution in [0.1, 0.15) is 94.0 Å². The molecular formula is C31H42F3N5O2. The van der Waals surface area contributed by atoms with E-state index in [2.05, 4.69) is 16.1 Å². The largest absolute Gasteiger partial charge is 0.435 e. The molecule has 3 aliphatic rings. The quantitative estimate of drug-likeness (QED) is 0.452. The van der Waals surface area contributed by atoms with E-state index in [9.17, 15) is 22.8 Å². The van der Waals surface area contributed by atoms with E-state index in [0.29, 0.717) is 24.8 Å². The predicted octanol–water partition coefficient (Wildman–Crippen LogP) is 5.98. The van der Waals surface area contributed by atoms with Gasteiger partial charge in [-0.05, 0) is 62.8 Å². The van der Waals surface area contributed by atoms with E-state index in [0.717, 1.165) is 81.9 Å². The molecule has 1 aromatic carbocycles. The molecule has 224 valence electrons. The number of rotatable bonds is 4. The molecule has 1 saturated heterocycles. The van der Waals surface area contributed by atoms with E-state index < -0.39 is 11.9 Å². The second kappa shape index (κ2) is 13.0. The Kier molecular flexibility index (Phi) is 9.36. The first kappa shape index (κ1) is 29.6. The Labute approximate surface area is 240 Å². The maximum absolute atomic E-state index is 13.3. The number of hydrogen-bond acceptors (Lipinski definition) is 4. The second-order valence-electron chi connectivity index (χ2n) is 11.9. The van der Waals surface area contributed by atoms with Gasteiger partial charge >= 0.3 is 6.18 Å². The number of carbonyl (C=O) groups is 2. The van der Waals surface area contributed by atoms with Crippen LogP contribution in [-0.2, 0) is 28.9 Å². The van der Waals surface area contributed by atoms with Gasteiger partial charge < -0.3 is 9.80 Å². The van der Waals surface area contributed by atoms with Crippen molar-refractivity contribution >= 4 is 17.5 Å². The summed E-state index contributed by atoms with van der Waals surface area (Å²) in [5, 5.41) is 3.77. The maximum atomic E-state index is 13.3. The van der Waals surface area contributed by atoms with E-state index in [1.165, 1.54) is 23.9 Å². The minimum absolute atomic E-state index is 0.0649. The summed E-state index contributed by atoms with van der Waals surface area (Å²) < 4.78 is 41.2. The zero-order valence-corrected chi connectivity index (χ0v) is 24.0. The lowest BCUT2D eigenvalue weighted by atomic mass is 10.0. The van der Waals surface area contributed by atoms with Crippen LogP contribution >= 0.6 is 0 Å². The van der Waals surface area contributed by atoms with Crippen molar-refractivity contribution in [2.24, 2.45) is 0 Å². The monoisotopic (exact) mass is 573 g/mol. The van der Waals surface area contributed by atoms with Gasteiger partial charge in [0.05, 0.1) is 0 Å². The molecule has 1 aromatic heterocycles. The average molecular weight is 574 g/mol. The van der Waals surface area contributed by atoms with Gasteiger partial charge in [-0.3, -0.25) is 19.2 Å². The van der Waals surface area contributed by atoms with E-state index in [1.807, 2.05) is 23.1 Å². The summed E-state index contributed by atoms with van der Waals surface area (Å²) in [6.07, 6.45) is 5.58. The number of likely N-dealkylation sites (tertiary alicyclic amines) is 1. The van der Waals surface area contributed by atoms with Crippen molar-refractivity contribution in [3.63, 3.8) is 0 Å². The van der Waals surface area contributed by atoms with E-state index in [-0.39, 0.29) is 24.3 Å². The Morgan fingerprint density at radius 3 is 2.22 bits per heavy atom. The van der Waals surface area contributed by atoms with Gasteiger partial charge in [-0.1, -0.05) is 43.9 Å². The fourth-order valence-electron chi connectivity index (χ4n) is 6.37. The number of amides is 2. The van der Waals surface area contributed by atoms with Crippen LogP contribution in [0, 0.1) is 0 Å². The molecule has 2 fully saturated rings. The molecule has 1 aliphatic carbocycles. The third-order valence-electron chi connectivity index (χ3n) is 8.83. The van der Waals surface area contributed by atoms with Crippen molar-refractivity contribution in [2.45, 2.75) is 102 Å². The van der Waals surface area contributed by atoms with Gasteiger partial charge in [-0.25, -0.2) is 0 Å². The first-order valence-electron chi connectivity index (χ1n) is 15.2. The van der Waals surface area contributed by atoms with Crippen LogP contribution in [0.25, 0.3) is 0 Å². The van der Waals surface area contributed by atoms with Crippen LogP contribution < -0.4 is 4.90 Å². The number of carbonyl (C=O) groups excluding carboxylic acids is 2. The van der Waals surface area contributed by atoms with Crippen LogP contribution in [0.3, 0.4) is 0 Å². The topological polar surface area (TPSA) is 61.7 Å². The third kappa shape index (κ3) is 7.50. The summed E-state index contributed by atoms with van der Waals surface area (Å²) in [6, 6.07) is 9.60. The van der Waals surface area contributed by atoms with Crippen molar-refractivity contribution in [1.82, 2.24) is 19.6 Å². The number of nitrogens with zero attached hydrogens (tertiary/aromatic N) is 5. The Balaban J connectivity index is 1.25. The van der Waals surface area contributed by atoms with E-state index in [4.69, 9.17) is 0 Å². The van der Waals surface area contributed by atoms with Crippen molar-refractivity contribution in [3.8, 4) is 0 Å². The molecule has 7 nitrogen and oxygen atoms in total. The normalized spacial score (nSPS) is 20.6. The molecule has 3 heterocycles. The molecular weight excluding hydrogens is 531 g/mol. The summed E-state index contributed by atoms with van der Waals surface area (Å²) in [7, 11) is 0. The van der Waals surface area contributed by atoms with E-state index >= 15 is 0 Å². The molecule has 2 aliphatic heterocycles. The molecule has 0 atom stereocenters. The second-order valence-corrected chi connectivity index (χ2v) is 11.9. The van der Waals surface area contributed by atoms with Crippen molar-refractivity contribution in [3.05, 3.63) is 47.3 Å².